The Morgan fingerprint density at radius 2 is 1.86 bits per heavy atom. The number of esters is 1. The molecule has 0 bridgehead atoms. The first-order valence-electron chi connectivity index (χ1n) is 9.29. The molecule has 0 spiro atoms. The lowest BCUT2D eigenvalue weighted by atomic mass is 9.87. The van der Waals surface area contributed by atoms with Crippen molar-refractivity contribution < 1.29 is 18.7 Å². The van der Waals surface area contributed by atoms with Crippen molar-refractivity contribution in [3.63, 3.8) is 0 Å². The number of ether oxygens (including phenoxy) is 1. The Balaban J connectivity index is 1.91. The van der Waals surface area contributed by atoms with E-state index < -0.39 is 5.25 Å². The van der Waals surface area contributed by atoms with Gasteiger partial charge in [0.25, 0.3) is 11.1 Å². The molecule has 8 heteroatoms. The predicted molar refractivity (Wildman–Crippen MR) is 107 cm³/mol. The molecule has 2 rings (SSSR count). The van der Waals surface area contributed by atoms with Gasteiger partial charge in [-0.3, -0.25) is 9.59 Å². The van der Waals surface area contributed by atoms with Crippen LogP contribution in [0.5, 0.6) is 0 Å². The van der Waals surface area contributed by atoms with E-state index in [4.69, 9.17) is 9.15 Å². The van der Waals surface area contributed by atoms with Gasteiger partial charge in [0.2, 0.25) is 5.89 Å². The van der Waals surface area contributed by atoms with E-state index in [0.717, 1.165) is 17.3 Å². The summed E-state index contributed by atoms with van der Waals surface area (Å²) in [6, 6.07) is 7.51. The number of hydrogen-bond acceptors (Lipinski definition) is 7. The van der Waals surface area contributed by atoms with Gasteiger partial charge in [0.15, 0.2) is 0 Å². The van der Waals surface area contributed by atoms with E-state index in [1.54, 1.807) is 19.1 Å². The maximum atomic E-state index is 12.3. The van der Waals surface area contributed by atoms with Gasteiger partial charge in [-0.2, -0.15) is 0 Å². The maximum Gasteiger partial charge on any atom is 0.319 e. The van der Waals surface area contributed by atoms with Crippen molar-refractivity contribution in [3.8, 4) is 0 Å². The number of aromatic nitrogens is 2. The highest BCUT2D eigenvalue weighted by molar-refractivity contribution is 8.00. The summed E-state index contributed by atoms with van der Waals surface area (Å²) in [7, 11) is 0. The Bertz CT molecular complexity index is 797. The minimum Gasteiger partial charge on any atom is -0.465 e. The van der Waals surface area contributed by atoms with Crippen molar-refractivity contribution >= 4 is 23.6 Å². The highest BCUT2D eigenvalue weighted by atomic mass is 32.2. The third-order valence-electron chi connectivity index (χ3n) is 4.02. The molecule has 0 saturated heterocycles. The molecule has 7 nitrogen and oxygen atoms in total. The number of rotatable bonds is 8. The molecule has 1 aromatic heterocycles. The highest BCUT2D eigenvalue weighted by Gasteiger charge is 2.22. The molecule has 1 aromatic carbocycles. The molecule has 0 saturated carbocycles. The van der Waals surface area contributed by atoms with Crippen LogP contribution in [0.1, 0.15) is 62.9 Å². The first-order valence-corrected chi connectivity index (χ1v) is 10.2. The van der Waals surface area contributed by atoms with Gasteiger partial charge >= 0.3 is 5.97 Å². The van der Waals surface area contributed by atoms with E-state index in [-0.39, 0.29) is 34.9 Å². The van der Waals surface area contributed by atoms with Gasteiger partial charge < -0.3 is 14.5 Å². The number of carbonyl (C=O) groups excluding carboxylic acids is 2. The molecular weight excluding hydrogens is 378 g/mol. The second-order valence-corrected chi connectivity index (χ2v) is 8.39. The predicted octanol–water partition coefficient (Wildman–Crippen LogP) is 3.73. The van der Waals surface area contributed by atoms with Gasteiger partial charge in [-0.25, -0.2) is 0 Å². The summed E-state index contributed by atoms with van der Waals surface area (Å²) in [5, 5.41) is 10.5. The molecule has 0 unspecified atom stereocenters. The molecular formula is C20H27N3O4S. The van der Waals surface area contributed by atoms with E-state index in [2.05, 4.69) is 36.3 Å². The highest BCUT2D eigenvalue weighted by Crippen LogP contribution is 2.25. The zero-order chi connectivity index (χ0) is 20.7. The molecule has 28 heavy (non-hydrogen) atoms. The van der Waals surface area contributed by atoms with Crippen LogP contribution >= 0.6 is 11.8 Å². The van der Waals surface area contributed by atoms with Gasteiger partial charge in [-0.15, -0.1) is 10.2 Å². The second-order valence-electron chi connectivity index (χ2n) is 7.24. The standard InChI is InChI=1S/C20H27N3O4S/c1-6-15(18(25)26-7-2)28-19-23-22-16(27-19)12-21-17(24)13-8-10-14(11-9-13)20(3,4)5/h8-11,15H,6-7,12H2,1-5H3,(H,21,24)/t15-/m1/s1. The lowest BCUT2D eigenvalue weighted by Crippen LogP contribution is -2.23. The van der Waals surface area contributed by atoms with Crippen LogP contribution < -0.4 is 5.32 Å². The third kappa shape index (κ3) is 6.09. The first-order chi connectivity index (χ1) is 13.2. The van der Waals surface area contributed by atoms with Gasteiger partial charge in [-0.1, -0.05) is 51.6 Å². The van der Waals surface area contributed by atoms with Gasteiger partial charge in [-0.05, 0) is 36.5 Å². The Labute approximate surface area is 169 Å². The first kappa shape index (κ1) is 21.9. The number of thioether (sulfide) groups is 1. The van der Waals surface area contributed by atoms with Crippen LogP contribution in [0.15, 0.2) is 33.9 Å². The Morgan fingerprint density at radius 1 is 1.18 bits per heavy atom. The summed E-state index contributed by atoms with van der Waals surface area (Å²) in [5.41, 5.74) is 1.76. The molecule has 0 radical (unpaired) electrons. The smallest absolute Gasteiger partial charge is 0.319 e. The second kappa shape index (κ2) is 9.73. The quantitative estimate of drug-likeness (QED) is 0.528. The molecule has 1 N–H and O–H groups in total. The lowest BCUT2D eigenvalue weighted by Gasteiger charge is -2.18. The Kier molecular flexibility index (Phi) is 7.62. The topological polar surface area (TPSA) is 94.3 Å². The van der Waals surface area contributed by atoms with Crippen LogP contribution in [-0.4, -0.2) is 33.9 Å². The van der Waals surface area contributed by atoms with Crippen LogP contribution in [0, 0.1) is 0 Å². The minimum absolute atomic E-state index is 0.0345. The average Bonchev–Trinajstić information content (AvgIpc) is 3.11. The number of amides is 1. The van der Waals surface area contributed by atoms with Crippen LogP contribution in [0.25, 0.3) is 0 Å². The van der Waals surface area contributed by atoms with Crippen molar-refractivity contribution in [2.75, 3.05) is 6.61 Å². The van der Waals surface area contributed by atoms with E-state index in [0.29, 0.717) is 18.6 Å². The third-order valence-corrected chi connectivity index (χ3v) is 5.20. The normalized spacial score (nSPS) is 12.5. The van der Waals surface area contributed by atoms with Gasteiger partial charge in [0, 0.05) is 5.56 Å². The fourth-order valence-corrected chi connectivity index (χ4v) is 3.20. The van der Waals surface area contributed by atoms with Crippen LogP contribution in [0.3, 0.4) is 0 Å². The van der Waals surface area contributed by atoms with Crippen molar-refractivity contribution in [2.24, 2.45) is 0 Å². The summed E-state index contributed by atoms with van der Waals surface area (Å²) in [4.78, 5) is 24.2. The van der Waals surface area contributed by atoms with E-state index >= 15 is 0 Å². The van der Waals surface area contributed by atoms with Crippen molar-refractivity contribution in [1.82, 2.24) is 15.5 Å². The molecule has 1 heterocycles. The maximum absolute atomic E-state index is 12.3. The van der Waals surface area contributed by atoms with E-state index in [9.17, 15) is 9.59 Å². The van der Waals surface area contributed by atoms with Crippen LogP contribution in [0.4, 0.5) is 0 Å². The molecule has 1 amide bonds. The monoisotopic (exact) mass is 405 g/mol. The molecule has 0 aliphatic rings. The fraction of sp³-hybridized carbons (Fsp3) is 0.500. The average molecular weight is 406 g/mol. The minimum atomic E-state index is -0.399. The SMILES string of the molecule is CCOC(=O)[C@@H](CC)Sc1nnc(CNC(=O)c2ccc(C(C)(C)C)cc2)o1. The molecule has 152 valence electrons. The molecule has 0 aliphatic heterocycles. The van der Waals surface area contributed by atoms with Crippen LogP contribution in [0.2, 0.25) is 0 Å². The lowest BCUT2D eigenvalue weighted by molar-refractivity contribution is -0.142. The molecule has 0 fully saturated rings. The number of nitrogens with zero attached hydrogens (tertiary/aromatic N) is 2. The van der Waals surface area contributed by atoms with E-state index in [1.807, 2.05) is 19.1 Å². The Hall–Kier alpha value is -2.35. The van der Waals surface area contributed by atoms with Crippen LogP contribution in [-0.2, 0) is 21.5 Å². The summed E-state index contributed by atoms with van der Waals surface area (Å²) >= 11 is 1.16. The summed E-state index contributed by atoms with van der Waals surface area (Å²) in [5.74, 6) is -0.242. The Morgan fingerprint density at radius 3 is 2.43 bits per heavy atom. The molecule has 2 aromatic rings. The van der Waals surface area contributed by atoms with Gasteiger partial charge in [0.1, 0.15) is 5.25 Å². The fourth-order valence-electron chi connectivity index (χ4n) is 2.39. The molecule has 0 aliphatic carbocycles. The largest absolute Gasteiger partial charge is 0.465 e. The summed E-state index contributed by atoms with van der Waals surface area (Å²) in [6.45, 7) is 10.5. The zero-order valence-corrected chi connectivity index (χ0v) is 17.8. The number of benzene rings is 1. The summed E-state index contributed by atoms with van der Waals surface area (Å²) in [6.07, 6.45) is 0.586. The van der Waals surface area contributed by atoms with E-state index in [1.165, 1.54) is 0 Å². The summed E-state index contributed by atoms with van der Waals surface area (Å²) < 4.78 is 10.5. The zero-order valence-electron chi connectivity index (χ0n) is 16.9. The van der Waals surface area contributed by atoms with Crippen molar-refractivity contribution in [1.29, 1.82) is 0 Å². The molecule has 1 atom stereocenters. The number of carbonyl (C=O) groups is 2. The van der Waals surface area contributed by atoms with Crippen molar-refractivity contribution in [3.05, 3.63) is 41.3 Å². The number of nitrogens with one attached hydrogen (secondary N) is 1. The number of hydrogen-bond donors (Lipinski definition) is 1. The van der Waals surface area contributed by atoms with Crippen molar-refractivity contribution in [2.45, 2.75) is 63.5 Å². The van der Waals surface area contributed by atoms with Gasteiger partial charge in [0.05, 0.1) is 13.2 Å².